The molecular formula is C28H29N3O7. The fourth-order valence-corrected chi connectivity index (χ4v) is 4.33. The molecule has 0 aliphatic carbocycles. The molecule has 2 amide bonds. The van der Waals surface area contributed by atoms with Crippen LogP contribution in [0.1, 0.15) is 5.56 Å². The van der Waals surface area contributed by atoms with E-state index in [1.165, 1.54) is 4.90 Å². The normalized spacial score (nSPS) is 16.1. The summed E-state index contributed by atoms with van der Waals surface area (Å²) in [5.41, 5.74) is 1.81. The molecule has 0 radical (unpaired) electrons. The summed E-state index contributed by atoms with van der Waals surface area (Å²) in [7, 11) is 0. The van der Waals surface area contributed by atoms with Crippen LogP contribution in [0.5, 0.6) is 23.0 Å². The first-order chi connectivity index (χ1) is 18.5. The minimum Gasteiger partial charge on any atom is -0.457 e. The van der Waals surface area contributed by atoms with Crippen molar-refractivity contribution in [1.29, 1.82) is 0 Å². The second kappa shape index (κ2) is 11.4. The van der Waals surface area contributed by atoms with Gasteiger partial charge < -0.3 is 39.5 Å². The maximum atomic E-state index is 12.7. The zero-order valence-corrected chi connectivity index (χ0v) is 20.7. The summed E-state index contributed by atoms with van der Waals surface area (Å²) >= 11 is 0. The van der Waals surface area contributed by atoms with Gasteiger partial charge in [-0.2, -0.15) is 0 Å². The van der Waals surface area contributed by atoms with Crippen LogP contribution in [-0.2, 0) is 16.1 Å². The Labute approximate surface area is 220 Å². The van der Waals surface area contributed by atoms with Gasteiger partial charge in [-0.05, 0) is 42.0 Å². The number of para-hydroxylation sites is 1. The largest absolute Gasteiger partial charge is 0.457 e. The quantitative estimate of drug-likeness (QED) is 0.413. The molecule has 3 N–H and O–H groups in total. The van der Waals surface area contributed by atoms with Crippen LogP contribution in [0.2, 0.25) is 0 Å². The van der Waals surface area contributed by atoms with Gasteiger partial charge >= 0.3 is 0 Å². The Morgan fingerprint density at radius 3 is 2.26 bits per heavy atom. The summed E-state index contributed by atoms with van der Waals surface area (Å²) in [5.74, 6) is 0.990. The number of benzene rings is 3. The van der Waals surface area contributed by atoms with Crippen molar-refractivity contribution in [3.8, 4) is 23.0 Å². The Balaban J connectivity index is 1.08. The van der Waals surface area contributed by atoms with Crippen molar-refractivity contribution >= 4 is 17.5 Å². The number of aliphatic hydroxyl groups excluding tert-OH is 2. The fourth-order valence-electron chi connectivity index (χ4n) is 4.33. The van der Waals surface area contributed by atoms with E-state index in [2.05, 4.69) is 10.2 Å². The number of nitrogens with one attached hydrogen (secondary N) is 1. The Bertz CT molecular complexity index is 1260. The molecule has 3 aromatic rings. The number of amides is 2. The summed E-state index contributed by atoms with van der Waals surface area (Å²) < 4.78 is 16.5. The van der Waals surface area contributed by atoms with E-state index in [4.69, 9.17) is 14.2 Å². The number of ether oxygens (including phenoxy) is 3. The molecule has 1 saturated heterocycles. The first-order valence-electron chi connectivity index (χ1n) is 12.4. The van der Waals surface area contributed by atoms with E-state index < -0.39 is 24.0 Å². The molecule has 2 heterocycles. The molecule has 2 aliphatic rings. The minimum absolute atomic E-state index is 0.108. The average molecular weight is 520 g/mol. The van der Waals surface area contributed by atoms with Crippen LogP contribution in [-0.4, -0.2) is 72.1 Å². The van der Waals surface area contributed by atoms with Crippen molar-refractivity contribution in [2.45, 2.75) is 18.8 Å². The van der Waals surface area contributed by atoms with Gasteiger partial charge in [0, 0.05) is 44.5 Å². The Hall–Kier alpha value is -4.28. The maximum absolute atomic E-state index is 12.7. The Kier molecular flexibility index (Phi) is 7.62. The minimum atomic E-state index is -1.87. The summed E-state index contributed by atoms with van der Waals surface area (Å²) in [6.07, 6.45) is -3.71. The SMILES string of the molecule is O=C(NCc1ccc(Oc2ccc3c(c2)OCO3)cc1)[C@H](O)[C@@H](O)C(=O)N1CCN(c2ccccc2)CC1. The van der Waals surface area contributed by atoms with E-state index in [1.807, 2.05) is 30.3 Å². The van der Waals surface area contributed by atoms with Crippen molar-refractivity contribution < 1.29 is 34.0 Å². The molecule has 2 aliphatic heterocycles. The highest BCUT2D eigenvalue weighted by atomic mass is 16.7. The highest BCUT2D eigenvalue weighted by Crippen LogP contribution is 2.36. The highest BCUT2D eigenvalue weighted by Gasteiger charge is 2.34. The van der Waals surface area contributed by atoms with Crippen LogP contribution in [0, 0.1) is 0 Å². The van der Waals surface area contributed by atoms with Crippen molar-refractivity contribution in [2.24, 2.45) is 0 Å². The average Bonchev–Trinajstić information content (AvgIpc) is 3.44. The van der Waals surface area contributed by atoms with Gasteiger partial charge in [-0.25, -0.2) is 0 Å². The Morgan fingerprint density at radius 2 is 1.53 bits per heavy atom. The lowest BCUT2D eigenvalue weighted by Gasteiger charge is -2.37. The lowest BCUT2D eigenvalue weighted by atomic mass is 10.1. The molecule has 3 aromatic carbocycles. The molecule has 38 heavy (non-hydrogen) atoms. The van der Waals surface area contributed by atoms with E-state index in [-0.39, 0.29) is 13.3 Å². The molecule has 0 saturated carbocycles. The van der Waals surface area contributed by atoms with E-state index >= 15 is 0 Å². The van der Waals surface area contributed by atoms with E-state index in [9.17, 15) is 19.8 Å². The molecule has 0 aromatic heterocycles. The predicted molar refractivity (Wildman–Crippen MR) is 138 cm³/mol. The topological polar surface area (TPSA) is 121 Å². The lowest BCUT2D eigenvalue weighted by Crippen LogP contribution is -2.55. The molecule has 0 spiro atoms. The summed E-state index contributed by atoms with van der Waals surface area (Å²) in [6.45, 7) is 2.26. The van der Waals surface area contributed by atoms with Gasteiger partial charge in [0.05, 0.1) is 0 Å². The second-order valence-corrected chi connectivity index (χ2v) is 9.02. The molecule has 0 bridgehead atoms. The molecule has 10 heteroatoms. The first-order valence-corrected chi connectivity index (χ1v) is 12.4. The molecule has 1 fully saturated rings. The highest BCUT2D eigenvalue weighted by molar-refractivity contribution is 5.90. The number of hydrogen-bond donors (Lipinski definition) is 3. The van der Waals surface area contributed by atoms with Gasteiger partial charge in [-0.15, -0.1) is 0 Å². The predicted octanol–water partition coefficient (Wildman–Crippen LogP) is 1.89. The number of carbonyl (C=O) groups is 2. The van der Waals surface area contributed by atoms with Crippen LogP contribution >= 0.6 is 0 Å². The molecular weight excluding hydrogens is 490 g/mol. The van der Waals surface area contributed by atoms with Crippen molar-refractivity contribution in [3.05, 3.63) is 78.4 Å². The van der Waals surface area contributed by atoms with E-state index in [0.717, 1.165) is 11.3 Å². The van der Waals surface area contributed by atoms with Crippen LogP contribution < -0.4 is 24.4 Å². The van der Waals surface area contributed by atoms with Crippen molar-refractivity contribution in [2.75, 3.05) is 37.9 Å². The van der Waals surface area contributed by atoms with Gasteiger partial charge in [-0.3, -0.25) is 9.59 Å². The first kappa shape index (κ1) is 25.4. The number of hydrogen-bond acceptors (Lipinski definition) is 8. The molecule has 2 atom stereocenters. The molecule has 198 valence electrons. The Morgan fingerprint density at radius 1 is 0.842 bits per heavy atom. The van der Waals surface area contributed by atoms with E-state index in [1.54, 1.807) is 42.5 Å². The van der Waals surface area contributed by atoms with Crippen LogP contribution in [0.25, 0.3) is 0 Å². The number of aliphatic hydroxyl groups is 2. The van der Waals surface area contributed by atoms with E-state index in [0.29, 0.717) is 49.2 Å². The smallest absolute Gasteiger partial charge is 0.254 e. The van der Waals surface area contributed by atoms with Crippen LogP contribution in [0.15, 0.2) is 72.8 Å². The molecule has 10 nitrogen and oxygen atoms in total. The fraction of sp³-hybridized carbons (Fsp3) is 0.286. The van der Waals surface area contributed by atoms with Gasteiger partial charge in [0.2, 0.25) is 6.79 Å². The number of anilines is 1. The zero-order chi connectivity index (χ0) is 26.5. The monoisotopic (exact) mass is 519 g/mol. The summed E-state index contributed by atoms with van der Waals surface area (Å²) in [5, 5.41) is 23.3. The molecule has 5 rings (SSSR count). The number of carbonyl (C=O) groups excluding carboxylic acids is 2. The van der Waals surface area contributed by atoms with Crippen LogP contribution in [0.3, 0.4) is 0 Å². The third-order valence-corrected chi connectivity index (χ3v) is 6.50. The van der Waals surface area contributed by atoms with Gasteiger partial charge in [0.15, 0.2) is 23.7 Å². The third kappa shape index (κ3) is 5.82. The van der Waals surface area contributed by atoms with Gasteiger partial charge in [-0.1, -0.05) is 30.3 Å². The zero-order valence-electron chi connectivity index (χ0n) is 20.7. The number of piperazine rings is 1. The van der Waals surface area contributed by atoms with Crippen molar-refractivity contribution in [1.82, 2.24) is 10.2 Å². The van der Waals surface area contributed by atoms with Crippen LogP contribution in [0.4, 0.5) is 5.69 Å². The number of nitrogens with zero attached hydrogens (tertiary/aromatic N) is 2. The number of fused-ring (bicyclic) bond motifs is 1. The third-order valence-electron chi connectivity index (χ3n) is 6.50. The van der Waals surface area contributed by atoms with Gasteiger partial charge in [0.1, 0.15) is 11.5 Å². The summed E-state index contributed by atoms with van der Waals surface area (Å²) in [6, 6.07) is 22.2. The second-order valence-electron chi connectivity index (χ2n) is 9.02. The maximum Gasteiger partial charge on any atom is 0.254 e. The van der Waals surface area contributed by atoms with Crippen molar-refractivity contribution in [3.63, 3.8) is 0 Å². The lowest BCUT2D eigenvalue weighted by molar-refractivity contribution is -0.153. The summed E-state index contributed by atoms with van der Waals surface area (Å²) in [4.78, 5) is 28.8. The molecule has 0 unspecified atom stereocenters. The van der Waals surface area contributed by atoms with Gasteiger partial charge in [0.25, 0.3) is 11.8 Å². The standard InChI is InChI=1S/C28H29N3O7/c32-25(26(33)28(35)31-14-12-30(13-15-31)20-4-2-1-3-5-20)27(34)29-17-19-6-8-21(9-7-19)38-22-10-11-23-24(16-22)37-18-36-23/h1-11,16,25-26,32-33H,12-15,17-18H2,(H,29,34)/t25-,26-/m1/s1. The number of rotatable bonds is 8.